The summed E-state index contributed by atoms with van der Waals surface area (Å²) in [7, 11) is 0. The molecule has 1 N–H and O–H groups in total. The summed E-state index contributed by atoms with van der Waals surface area (Å²) in [6.45, 7) is 10.4. The van der Waals surface area contributed by atoms with Gasteiger partial charge in [0.1, 0.15) is 0 Å². The van der Waals surface area contributed by atoms with E-state index in [4.69, 9.17) is 4.74 Å². The molecule has 1 heterocycles. The van der Waals surface area contributed by atoms with Gasteiger partial charge < -0.3 is 10.1 Å². The number of aromatic nitrogens is 2. The van der Waals surface area contributed by atoms with Gasteiger partial charge in [0.25, 0.3) is 0 Å². The predicted octanol–water partition coefficient (Wildman–Crippen LogP) is 2.49. The van der Waals surface area contributed by atoms with E-state index >= 15 is 0 Å². The minimum absolute atomic E-state index is 0.614. The highest BCUT2D eigenvalue weighted by Crippen LogP contribution is 2.21. The maximum absolute atomic E-state index is 5.65. The van der Waals surface area contributed by atoms with Gasteiger partial charge in [0.05, 0.1) is 29.1 Å². The summed E-state index contributed by atoms with van der Waals surface area (Å²) in [5, 5.41) is 7.74. The highest BCUT2D eigenvalue weighted by atomic mass is 79.9. The molecule has 0 fully saturated rings. The Morgan fingerprint density at radius 3 is 2.76 bits per heavy atom. The van der Waals surface area contributed by atoms with Crippen LogP contribution >= 0.6 is 15.9 Å². The van der Waals surface area contributed by atoms with Gasteiger partial charge in [-0.2, -0.15) is 5.10 Å². The molecule has 0 bridgehead atoms. The largest absolute Gasteiger partial charge is 0.374 e. The number of hydrogen-bond acceptors (Lipinski definition) is 3. The fraction of sp³-hybridized carbons (Fsp3) is 0.750. The summed E-state index contributed by atoms with van der Waals surface area (Å²) in [5.41, 5.74) is 2.15. The lowest BCUT2D eigenvalue weighted by Crippen LogP contribution is -2.20. The number of rotatable bonds is 8. The Morgan fingerprint density at radius 2 is 2.12 bits per heavy atom. The van der Waals surface area contributed by atoms with Crippen molar-refractivity contribution in [3.8, 4) is 0 Å². The standard InChI is InChI=1S/C12H22BrN3O/c1-4-6-14-7-8-17-9-11-12(13)10(3)15-16(11)5-2/h14H,4-9H2,1-3H3. The van der Waals surface area contributed by atoms with E-state index in [0.29, 0.717) is 6.61 Å². The zero-order chi connectivity index (χ0) is 12.7. The molecule has 0 spiro atoms. The zero-order valence-corrected chi connectivity index (χ0v) is 12.5. The second-order valence-electron chi connectivity index (χ2n) is 3.96. The van der Waals surface area contributed by atoms with Crippen LogP contribution in [-0.4, -0.2) is 29.5 Å². The summed E-state index contributed by atoms with van der Waals surface area (Å²) >= 11 is 3.56. The molecule has 0 atom stereocenters. The van der Waals surface area contributed by atoms with Crippen LogP contribution < -0.4 is 5.32 Å². The normalized spacial score (nSPS) is 11.1. The van der Waals surface area contributed by atoms with Crippen molar-refractivity contribution >= 4 is 15.9 Å². The van der Waals surface area contributed by atoms with Crippen molar-refractivity contribution in [2.24, 2.45) is 0 Å². The molecule has 0 unspecified atom stereocenters. The van der Waals surface area contributed by atoms with Gasteiger partial charge in [-0.05, 0) is 42.7 Å². The highest BCUT2D eigenvalue weighted by molar-refractivity contribution is 9.10. The van der Waals surface area contributed by atoms with Crippen LogP contribution in [0.2, 0.25) is 0 Å². The third-order valence-electron chi connectivity index (χ3n) is 2.54. The van der Waals surface area contributed by atoms with Crippen molar-refractivity contribution in [1.29, 1.82) is 0 Å². The van der Waals surface area contributed by atoms with Crippen molar-refractivity contribution < 1.29 is 4.74 Å². The number of nitrogens with zero attached hydrogens (tertiary/aromatic N) is 2. The van der Waals surface area contributed by atoms with E-state index < -0.39 is 0 Å². The minimum atomic E-state index is 0.614. The molecule has 0 saturated carbocycles. The molecular formula is C12H22BrN3O. The van der Waals surface area contributed by atoms with Crippen LogP contribution in [0.4, 0.5) is 0 Å². The quantitative estimate of drug-likeness (QED) is 0.750. The van der Waals surface area contributed by atoms with Crippen molar-refractivity contribution in [1.82, 2.24) is 15.1 Å². The summed E-state index contributed by atoms with van der Waals surface area (Å²) in [5.74, 6) is 0. The van der Waals surface area contributed by atoms with Gasteiger partial charge in [0.15, 0.2) is 0 Å². The van der Waals surface area contributed by atoms with Crippen LogP contribution in [0.25, 0.3) is 0 Å². The molecule has 5 heteroatoms. The second-order valence-corrected chi connectivity index (χ2v) is 4.76. The molecule has 0 amide bonds. The van der Waals surface area contributed by atoms with Crippen LogP contribution in [0.1, 0.15) is 31.7 Å². The van der Waals surface area contributed by atoms with Crippen molar-refractivity contribution in [2.45, 2.75) is 40.3 Å². The molecule has 1 aromatic heterocycles. The SMILES string of the molecule is CCCNCCOCc1c(Br)c(C)nn1CC. The summed E-state index contributed by atoms with van der Waals surface area (Å²) in [6, 6.07) is 0. The number of halogens is 1. The Hall–Kier alpha value is -0.390. The van der Waals surface area contributed by atoms with E-state index in [1.165, 1.54) is 0 Å². The third kappa shape index (κ3) is 4.41. The van der Waals surface area contributed by atoms with E-state index in [1.807, 2.05) is 11.6 Å². The Morgan fingerprint density at radius 1 is 1.35 bits per heavy atom. The number of nitrogens with one attached hydrogen (secondary N) is 1. The number of ether oxygens (including phenoxy) is 1. The van der Waals surface area contributed by atoms with Crippen LogP contribution in [0.15, 0.2) is 4.47 Å². The molecule has 98 valence electrons. The van der Waals surface area contributed by atoms with Crippen LogP contribution in [0, 0.1) is 6.92 Å². The summed E-state index contributed by atoms with van der Waals surface area (Å²) in [4.78, 5) is 0. The first-order valence-electron chi connectivity index (χ1n) is 6.20. The molecule has 17 heavy (non-hydrogen) atoms. The Bertz CT molecular complexity index is 339. The van der Waals surface area contributed by atoms with E-state index in [9.17, 15) is 0 Å². The van der Waals surface area contributed by atoms with Crippen LogP contribution in [-0.2, 0) is 17.9 Å². The summed E-state index contributed by atoms with van der Waals surface area (Å²) in [6.07, 6.45) is 1.16. The van der Waals surface area contributed by atoms with Gasteiger partial charge in [0, 0.05) is 13.1 Å². The van der Waals surface area contributed by atoms with Gasteiger partial charge in [-0.25, -0.2) is 0 Å². The average Bonchev–Trinajstić information content (AvgIpc) is 2.60. The van der Waals surface area contributed by atoms with Gasteiger partial charge in [-0.3, -0.25) is 4.68 Å². The van der Waals surface area contributed by atoms with Crippen LogP contribution in [0.5, 0.6) is 0 Å². The zero-order valence-electron chi connectivity index (χ0n) is 10.9. The molecular weight excluding hydrogens is 282 g/mol. The lowest BCUT2D eigenvalue weighted by Gasteiger charge is -2.07. The first kappa shape index (κ1) is 14.7. The first-order chi connectivity index (χ1) is 8.20. The fourth-order valence-corrected chi connectivity index (χ4v) is 2.02. The molecule has 0 aliphatic heterocycles. The molecule has 1 rings (SSSR count). The van der Waals surface area contributed by atoms with Crippen LogP contribution in [0.3, 0.4) is 0 Å². The number of aryl methyl sites for hydroxylation is 2. The van der Waals surface area contributed by atoms with Gasteiger partial charge in [-0.1, -0.05) is 6.92 Å². The first-order valence-corrected chi connectivity index (χ1v) is 7.00. The van der Waals surface area contributed by atoms with E-state index in [0.717, 1.165) is 48.5 Å². The lowest BCUT2D eigenvalue weighted by atomic mass is 10.4. The van der Waals surface area contributed by atoms with E-state index in [2.05, 4.69) is 40.2 Å². The van der Waals surface area contributed by atoms with E-state index in [1.54, 1.807) is 0 Å². The predicted molar refractivity (Wildman–Crippen MR) is 73.2 cm³/mol. The second kappa shape index (κ2) is 7.84. The average molecular weight is 304 g/mol. The van der Waals surface area contributed by atoms with Crippen molar-refractivity contribution in [3.05, 3.63) is 15.9 Å². The monoisotopic (exact) mass is 303 g/mol. The van der Waals surface area contributed by atoms with Gasteiger partial charge in [-0.15, -0.1) is 0 Å². The van der Waals surface area contributed by atoms with Gasteiger partial charge in [0.2, 0.25) is 0 Å². The molecule has 4 nitrogen and oxygen atoms in total. The summed E-state index contributed by atoms with van der Waals surface area (Å²) < 4.78 is 8.70. The lowest BCUT2D eigenvalue weighted by molar-refractivity contribution is 0.116. The molecule has 0 aliphatic rings. The Kier molecular flexibility index (Phi) is 6.77. The molecule has 0 saturated heterocycles. The fourth-order valence-electron chi connectivity index (χ4n) is 1.62. The Labute approximate surface area is 112 Å². The topological polar surface area (TPSA) is 39.1 Å². The van der Waals surface area contributed by atoms with E-state index in [-0.39, 0.29) is 0 Å². The minimum Gasteiger partial charge on any atom is -0.374 e. The maximum atomic E-state index is 5.65. The molecule has 0 aromatic carbocycles. The molecule has 0 radical (unpaired) electrons. The van der Waals surface area contributed by atoms with Crippen molar-refractivity contribution in [2.75, 3.05) is 19.7 Å². The smallest absolute Gasteiger partial charge is 0.0897 e. The van der Waals surface area contributed by atoms with Gasteiger partial charge >= 0.3 is 0 Å². The highest BCUT2D eigenvalue weighted by Gasteiger charge is 2.11. The van der Waals surface area contributed by atoms with Crippen molar-refractivity contribution in [3.63, 3.8) is 0 Å². The molecule has 0 aliphatic carbocycles. The Balaban J connectivity index is 2.35. The third-order valence-corrected chi connectivity index (χ3v) is 3.57. The number of hydrogen-bond donors (Lipinski definition) is 1. The molecule has 1 aromatic rings. The maximum Gasteiger partial charge on any atom is 0.0897 e.